The first-order valence-electron chi connectivity index (χ1n) is 10.8. The van der Waals surface area contributed by atoms with Gasteiger partial charge in [0.05, 0.1) is 15.6 Å². The van der Waals surface area contributed by atoms with Gasteiger partial charge < -0.3 is 9.47 Å². The number of hydrazine groups is 1. The smallest absolute Gasteiger partial charge is 0.276 e. The van der Waals surface area contributed by atoms with Gasteiger partial charge in [0.1, 0.15) is 11.5 Å². The van der Waals surface area contributed by atoms with Gasteiger partial charge in [0, 0.05) is 5.56 Å². The van der Waals surface area contributed by atoms with Gasteiger partial charge in [0.2, 0.25) is 0 Å². The van der Waals surface area contributed by atoms with E-state index in [1.165, 1.54) is 0 Å². The predicted molar refractivity (Wildman–Crippen MR) is 144 cm³/mol. The normalized spacial score (nSPS) is 10.9. The van der Waals surface area contributed by atoms with E-state index in [0.29, 0.717) is 28.1 Å². The number of thiocarbonyl (C=S) groups is 1. The van der Waals surface area contributed by atoms with Gasteiger partial charge in [-0.05, 0) is 91.8 Å². The lowest BCUT2D eigenvalue weighted by atomic mass is 9.87. The maximum atomic E-state index is 12.4. The number of rotatable bonds is 8. The van der Waals surface area contributed by atoms with E-state index in [1.54, 1.807) is 18.2 Å². The standard InChI is InChI=1S/C24H29Br2N3O4S/c1-5-6-11-32-19-9-7-15(12-17(19)25)22(31)27-23(34)29-28-21(30)14-33-20-10-8-16(13-18(20)26)24(2,3)4/h7-10,12-13H,5-6,11,14H2,1-4H3,(H,28,30)(H2,27,29,31,34). The summed E-state index contributed by atoms with van der Waals surface area (Å²) in [6.07, 6.45) is 1.99. The number of benzene rings is 2. The molecule has 2 rings (SSSR count). The van der Waals surface area contributed by atoms with Crippen molar-refractivity contribution >= 4 is 61.0 Å². The molecule has 0 saturated heterocycles. The average molecular weight is 615 g/mol. The highest BCUT2D eigenvalue weighted by Gasteiger charge is 2.16. The minimum Gasteiger partial charge on any atom is -0.492 e. The molecule has 0 heterocycles. The first kappa shape index (κ1) is 28.1. The van der Waals surface area contributed by atoms with Crippen LogP contribution in [0.1, 0.15) is 56.5 Å². The van der Waals surface area contributed by atoms with E-state index in [9.17, 15) is 9.59 Å². The molecule has 0 atom stereocenters. The fourth-order valence-electron chi connectivity index (χ4n) is 2.68. The Balaban J connectivity index is 1.79. The van der Waals surface area contributed by atoms with Gasteiger partial charge in [-0.3, -0.25) is 25.8 Å². The molecule has 0 unspecified atom stereocenters. The number of ether oxygens (including phenoxy) is 2. The Bertz CT molecular complexity index is 1040. The summed E-state index contributed by atoms with van der Waals surface area (Å²) in [5.41, 5.74) is 6.43. The largest absolute Gasteiger partial charge is 0.492 e. The lowest BCUT2D eigenvalue weighted by Gasteiger charge is -2.20. The molecule has 2 aromatic rings. The van der Waals surface area contributed by atoms with E-state index < -0.39 is 11.8 Å². The molecule has 0 aliphatic heterocycles. The summed E-state index contributed by atoms with van der Waals surface area (Å²) in [5.74, 6) is 0.329. The highest BCUT2D eigenvalue weighted by Crippen LogP contribution is 2.31. The van der Waals surface area contributed by atoms with E-state index >= 15 is 0 Å². The van der Waals surface area contributed by atoms with Crippen molar-refractivity contribution in [3.63, 3.8) is 0 Å². The highest BCUT2D eigenvalue weighted by molar-refractivity contribution is 9.10. The Hall–Kier alpha value is -2.17. The molecule has 0 radical (unpaired) electrons. The van der Waals surface area contributed by atoms with Crippen LogP contribution < -0.4 is 25.6 Å². The van der Waals surface area contributed by atoms with Gasteiger partial charge in [0.25, 0.3) is 11.8 Å². The van der Waals surface area contributed by atoms with Crippen molar-refractivity contribution in [2.24, 2.45) is 0 Å². The molecule has 0 bridgehead atoms. The molecule has 34 heavy (non-hydrogen) atoms. The molecule has 0 spiro atoms. The second-order valence-electron chi connectivity index (χ2n) is 8.49. The number of hydrogen-bond donors (Lipinski definition) is 3. The molecule has 10 heteroatoms. The molecule has 184 valence electrons. The summed E-state index contributed by atoms with van der Waals surface area (Å²) < 4.78 is 12.7. The second-order valence-corrected chi connectivity index (χ2v) is 10.6. The van der Waals surface area contributed by atoms with Gasteiger partial charge in [-0.25, -0.2) is 0 Å². The summed E-state index contributed by atoms with van der Waals surface area (Å²) in [5, 5.41) is 2.46. The van der Waals surface area contributed by atoms with Crippen LogP contribution in [0, 0.1) is 0 Å². The molecule has 3 N–H and O–H groups in total. The molecule has 0 aliphatic carbocycles. The van der Waals surface area contributed by atoms with Crippen molar-refractivity contribution in [3.8, 4) is 11.5 Å². The Kier molecular flexibility index (Phi) is 10.8. The van der Waals surface area contributed by atoms with Crippen molar-refractivity contribution in [3.05, 3.63) is 56.5 Å². The number of amides is 2. The minimum atomic E-state index is -0.459. The van der Waals surface area contributed by atoms with Crippen molar-refractivity contribution in [2.75, 3.05) is 13.2 Å². The van der Waals surface area contributed by atoms with Crippen molar-refractivity contribution in [2.45, 2.75) is 46.0 Å². The van der Waals surface area contributed by atoms with Gasteiger partial charge in [-0.1, -0.05) is 40.2 Å². The highest BCUT2D eigenvalue weighted by atomic mass is 79.9. The Morgan fingerprint density at radius 2 is 1.62 bits per heavy atom. The quantitative estimate of drug-likeness (QED) is 0.210. The number of unbranched alkanes of at least 4 members (excludes halogenated alkanes) is 1. The zero-order valence-corrected chi connectivity index (χ0v) is 23.6. The fourth-order valence-corrected chi connectivity index (χ4v) is 3.81. The predicted octanol–water partition coefficient (Wildman–Crippen LogP) is 5.40. The van der Waals surface area contributed by atoms with Gasteiger partial charge in [-0.2, -0.15) is 0 Å². The summed E-state index contributed by atoms with van der Waals surface area (Å²) in [6, 6.07) is 10.8. The average Bonchev–Trinajstić information content (AvgIpc) is 2.77. The van der Waals surface area contributed by atoms with E-state index in [1.807, 2.05) is 18.2 Å². The lowest BCUT2D eigenvalue weighted by Crippen LogP contribution is -2.49. The van der Waals surface area contributed by atoms with E-state index in [2.05, 4.69) is 75.7 Å². The number of carbonyl (C=O) groups excluding carboxylic acids is 2. The first-order chi connectivity index (χ1) is 16.0. The van der Waals surface area contributed by atoms with Crippen LogP contribution in [-0.2, 0) is 10.2 Å². The first-order valence-corrected chi connectivity index (χ1v) is 12.8. The lowest BCUT2D eigenvalue weighted by molar-refractivity contribution is -0.123. The molecule has 2 amide bonds. The summed E-state index contributed by atoms with van der Waals surface area (Å²) >= 11 is 12.0. The van der Waals surface area contributed by atoms with Crippen molar-refractivity contribution in [1.29, 1.82) is 0 Å². The van der Waals surface area contributed by atoms with Crippen LogP contribution in [0.4, 0.5) is 0 Å². The zero-order chi connectivity index (χ0) is 25.3. The molecule has 0 fully saturated rings. The van der Waals surface area contributed by atoms with Gasteiger partial charge in [-0.15, -0.1) is 0 Å². The third-order valence-corrected chi connectivity index (χ3v) is 6.09. The van der Waals surface area contributed by atoms with Crippen LogP contribution in [-0.4, -0.2) is 30.1 Å². The van der Waals surface area contributed by atoms with Crippen LogP contribution in [0.15, 0.2) is 45.3 Å². The Morgan fingerprint density at radius 1 is 0.971 bits per heavy atom. The van der Waals surface area contributed by atoms with Crippen molar-refractivity contribution in [1.82, 2.24) is 16.2 Å². The van der Waals surface area contributed by atoms with Crippen LogP contribution in [0.25, 0.3) is 0 Å². The summed E-state index contributed by atoms with van der Waals surface area (Å²) in [6.45, 7) is 8.82. The minimum absolute atomic E-state index is 0.00298. The maximum absolute atomic E-state index is 12.4. The molecular formula is C24H29Br2N3O4S. The maximum Gasteiger partial charge on any atom is 0.276 e. The number of hydrogen-bond acceptors (Lipinski definition) is 5. The third-order valence-electron chi connectivity index (χ3n) is 4.65. The Labute approximate surface area is 222 Å². The summed E-state index contributed by atoms with van der Waals surface area (Å²) in [7, 11) is 0. The third kappa shape index (κ3) is 8.88. The fraction of sp³-hybridized carbons (Fsp3) is 0.375. The van der Waals surface area contributed by atoms with Crippen LogP contribution in [0.2, 0.25) is 0 Å². The molecule has 0 saturated carbocycles. The molecule has 7 nitrogen and oxygen atoms in total. The van der Waals surface area contributed by atoms with Crippen molar-refractivity contribution < 1.29 is 19.1 Å². The molecule has 0 aliphatic rings. The van der Waals surface area contributed by atoms with Crippen LogP contribution in [0.3, 0.4) is 0 Å². The topological polar surface area (TPSA) is 88.7 Å². The Morgan fingerprint density at radius 3 is 2.24 bits per heavy atom. The zero-order valence-electron chi connectivity index (χ0n) is 19.6. The van der Waals surface area contributed by atoms with Crippen LogP contribution in [0.5, 0.6) is 11.5 Å². The SMILES string of the molecule is CCCCOc1ccc(C(=O)NC(=S)NNC(=O)COc2ccc(C(C)(C)C)cc2Br)cc1Br. The molecular weight excluding hydrogens is 586 g/mol. The number of carbonyl (C=O) groups is 2. The van der Waals surface area contributed by atoms with Gasteiger partial charge >= 0.3 is 0 Å². The van der Waals surface area contributed by atoms with Crippen LogP contribution >= 0.6 is 44.1 Å². The van der Waals surface area contributed by atoms with E-state index in [0.717, 1.165) is 22.9 Å². The second kappa shape index (κ2) is 13.1. The number of nitrogens with one attached hydrogen (secondary N) is 3. The van der Waals surface area contributed by atoms with E-state index in [-0.39, 0.29) is 17.1 Å². The number of halogens is 2. The summed E-state index contributed by atoms with van der Waals surface area (Å²) in [4.78, 5) is 24.5. The molecule has 0 aromatic heterocycles. The molecule has 2 aromatic carbocycles. The van der Waals surface area contributed by atoms with E-state index in [4.69, 9.17) is 21.7 Å². The monoisotopic (exact) mass is 613 g/mol. The van der Waals surface area contributed by atoms with Gasteiger partial charge in [0.15, 0.2) is 11.7 Å².